The van der Waals surface area contributed by atoms with E-state index in [2.05, 4.69) is 21.8 Å². The highest BCUT2D eigenvalue weighted by Crippen LogP contribution is 2.21. The van der Waals surface area contributed by atoms with Gasteiger partial charge in [0.1, 0.15) is 5.82 Å². The van der Waals surface area contributed by atoms with E-state index in [0.29, 0.717) is 12.5 Å². The molecule has 0 aliphatic carbocycles. The molecule has 1 amide bonds. The van der Waals surface area contributed by atoms with Crippen molar-refractivity contribution in [1.82, 2.24) is 19.8 Å². The van der Waals surface area contributed by atoms with E-state index < -0.39 is 0 Å². The maximum atomic E-state index is 12.3. The molecule has 5 heteroatoms. The van der Waals surface area contributed by atoms with Crippen LogP contribution in [0.4, 0.5) is 0 Å². The molecule has 0 saturated carbocycles. The van der Waals surface area contributed by atoms with Gasteiger partial charge in [0.05, 0.1) is 6.54 Å². The van der Waals surface area contributed by atoms with E-state index in [1.165, 1.54) is 0 Å². The molecule has 1 N–H and O–H groups in total. The summed E-state index contributed by atoms with van der Waals surface area (Å²) < 4.78 is 2.12. The number of aromatic nitrogens is 2. The van der Waals surface area contributed by atoms with Gasteiger partial charge in [-0.25, -0.2) is 4.98 Å². The standard InChI is InChI=1S/C12H18N4O/c1-9(10-6-13-7-10)12(17)16-5-4-15-3-2-14-11(15)8-16/h2-3,9-10,13H,4-8H2,1H3. The molecule has 2 aliphatic heterocycles. The number of nitrogens with one attached hydrogen (secondary N) is 1. The molecule has 0 bridgehead atoms. The number of rotatable bonds is 2. The Bertz CT molecular complexity index is 424. The summed E-state index contributed by atoms with van der Waals surface area (Å²) >= 11 is 0. The molecule has 1 saturated heterocycles. The van der Waals surface area contributed by atoms with Gasteiger partial charge in [-0.3, -0.25) is 4.79 Å². The van der Waals surface area contributed by atoms with Crippen LogP contribution < -0.4 is 5.32 Å². The van der Waals surface area contributed by atoms with Crippen LogP contribution in [0.5, 0.6) is 0 Å². The number of carbonyl (C=O) groups is 1. The van der Waals surface area contributed by atoms with E-state index in [0.717, 1.165) is 32.0 Å². The lowest BCUT2D eigenvalue weighted by molar-refractivity contribution is -0.139. The molecule has 17 heavy (non-hydrogen) atoms. The van der Waals surface area contributed by atoms with Crippen molar-refractivity contribution in [1.29, 1.82) is 0 Å². The molecule has 0 aromatic carbocycles. The Labute approximate surface area is 101 Å². The first-order valence-corrected chi connectivity index (χ1v) is 6.25. The molecule has 1 aromatic heterocycles. The molecule has 1 atom stereocenters. The molecule has 5 nitrogen and oxygen atoms in total. The van der Waals surface area contributed by atoms with Gasteiger partial charge in [0.25, 0.3) is 0 Å². The minimum atomic E-state index is 0.137. The van der Waals surface area contributed by atoms with Crippen molar-refractivity contribution >= 4 is 5.91 Å². The topological polar surface area (TPSA) is 50.2 Å². The lowest BCUT2D eigenvalue weighted by Crippen LogP contribution is -2.51. The summed E-state index contributed by atoms with van der Waals surface area (Å²) in [5.41, 5.74) is 0. The number of carbonyl (C=O) groups excluding carboxylic acids is 1. The zero-order valence-electron chi connectivity index (χ0n) is 10.1. The number of fused-ring (bicyclic) bond motifs is 1. The lowest BCUT2D eigenvalue weighted by Gasteiger charge is -2.36. The predicted molar refractivity (Wildman–Crippen MR) is 63.2 cm³/mol. The van der Waals surface area contributed by atoms with Crippen molar-refractivity contribution in [2.45, 2.75) is 20.0 Å². The predicted octanol–water partition coefficient (Wildman–Crippen LogP) is 0.0808. The summed E-state index contributed by atoms with van der Waals surface area (Å²) in [6, 6.07) is 0. The monoisotopic (exact) mass is 234 g/mol. The van der Waals surface area contributed by atoms with E-state index in [9.17, 15) is 4.79 Å². The summed E-state index contributed by atoms with van der Waals surface area (Å²) in [4.78, 5) is 18.6. The van der Waals surface area contributed by atoms with E-state index in [-0.39, 0.29) is 11.8 Å². The number of nitrogens with zero attached hydrogens (tertiary/aromatic N) is 3. The smallest absolute Gasteiger partial charge is 0.226 e. The van der Waals surface area contributed by atoms with E-state index in [4.69, 9.17) is 0 Å². The number of amides is 1. The van der Waals surface area contributed by atoms with E-state index >= 15 is 0 Å². The summed E-state index contributed by atoms with van der Waals surface area (Å²) in [7, 11) is 0. The second-order valence-electron chi connectivity index (χ2n) is 5.00. The average Bonchev–Trinajstić information content (AvgIpc) is 2.72. The zero-order valence-corrected chi connectivity index (χ0v) is 10.1. The quantitative estimate of drug-likeness (QED) is 0.788. The van der Waals surface area contributed by atoms with Crippen LogP contribution in [0.25, 0.3) is 0 Å². The van der Waals surface area contributed by atoms with Crippen molar-refractivity contribution in [2.24, 2.45) is 11.8 Å². The molecule has 1 unspecified atom stereocenters. The van der Waals surface area contributed by atoms with Gasteiger partial charge >= 0.3 is 0 Å². The fourth-order valence-corrected chi connectivity index (χ4v) is 2.52. The maximum absolute atomic E-state index is 12.3. The summed E-state index contributed by atoms with van der Waals surface area (Å²) in [5.74, 6) is 1.94. The van der Waals surface area contributed by atoms with Gasteiger partial charge in [0.2, 0.25) is 5.91 Å². The maximum Gasteiger partial charge on any atom is 0.226 e. The fourth-order valence-electron chi connectivity index (χ4n) is 2.52. The third kappa shape index (κ3) is 1.84. The molecule has 1 fully saturated rings. The van der Waals surface area contributed by atoms with Crippen LogP contribution in [0.15, 0.2) is 12.4 Å². The first-order chi connectivity index (χ1) is 8.25. The Kier molecular flexibility index (Phi) is 2.63. The highest BCUT2D eigenvalue weighted by molar-refractivity contribution is 5.79. The summed E-state index contributed by atoms with van der Waals surface area (Å²) in [5, 5.41) is 3.22. The number of imidazole rings is 1. The number of hydrogen-bond donors (Lipinski definition) is 1. The Morgan fingerprint density at radius 3 is 3.06 bits per heavy atom. The van der Waals surface area contributed by atoms with Gasteiger partial charge < -0.3 is 14.8 Å². The Balaban J connectivity index is 1.67. The average molecular weight is 234 g/mol. The van der Waals surface area contributed by atoms with Crippen LogP contribution in [-0.4, -0.2) is 40.0 Å². The first kappa shape index (κ1) is 10.8. The summed E-state index contributed by atoms with van der Waals surface area (Å²) in [6.45, 7) is 6.36. The van der Waals surface area contributed by atoms with E-state index in [1.54, 1.807) is 0 Å². The van der Waals surface area contributed by atoms with Crippen molar-refractivity contribution in [2.75, 3.05) is 19.6 Å². The van der Waals surface area contributed by atoms with Gasteiger partial charge in [-0.05, 0) is 19.0 Å². The number of hydrogen-bond acceptors (Lipinski definition) is 3. The van der Waals surface area contributed by atoms with Gasteiger partial charge in [-0.1, -0.05) is 6.92 Å². The van der Waals surface area contributed by atoms with Gasteiger partial charge in [0.15, 0.2) is 0 Å². The largest absolute Gasteiger partial charge is 0.333 e. The third-order valence-electron chi connectivity index (χ3n) is 3.97. The van der Waals surface area contributed by atoms with Crippen LogP contribution in [0.3, 0.4) is 0 Å². The van der Waals surface area contributed by atoms with Gasteiger partial charge in [0, 0.05) is 31.4 Å². The van der Waals surface area contributed by atoms with Crippen molar-refractivity contribution in [3.8, 4) is 0 Å². The second-order valence-corrected chi connectivity index (χ2v) is 5.00. The normalized spacial score (nSPS) is 21.8. The molecular weight excluding hydrogens is 216 g/mol. The molecular formula is C12H18N4O. The molecule has 0 spiro atoms. The van der Waals surface area contributed by atoms with Crippen LogP contribution >= 0.6 is 0 Å². The van der Waals surface area contributed by atoms with Crippen LogP contribution in [0.2, 0.25) is 0 Å². The molecule has 3 rings (SSSR count). The Morgan fingerprint density at radius 2 is 2.35 bits per heavy atom. The first-order valence-electron chi connectivity index (χ1n) is 6.25. The lowest BCUT2D eigenvalue weighted by atomic mass is 9.88. The molecule has 0 radical (unpaired) electrons. The molecule has 3 heterocycles. The van der Waals surface area contributed by atoms with Crippen molar-refractivity contribution in [3.05, 3.63) is 18.2 Å². The highest BCUT2D eigenvalue weighted by Gasteiger charge is 2.32. The second kappa shape index (κ2) is 4.14. The third-order valence-corrected chi connectivity index (χ3v) is 3.97. The molecule has 1 aromatic rings. The van der Waals surface area contributed by atoms with Gasteiger partial charge in [-0.2, -0.15) is 0 Å². The fraction of sp³-hybridized carbons (Fsp3) is 0.667. The Hall–Kier alpha value is -1.36. The molecule has 92 valence electrons. The molecule has 2 aliphatic rings. The summed E-state index contributed by atoms with van der Waals surface area (Å²) in [6.07, 6.45) is 3.79. The Morgan fingerprint density at radius 1 is 1.53 bits per heavy atom. The SMILES string of the molecule is CC(C(=O)N1CCn2ccnc2C1)C1CNC1. The highest BCUT2D eigenvalue weighted by atomic mass is 16.2. The van der Waals surface area contributed by atoms with Crippen molar-refractivity contribution < 1.29 is 4.79 Å². The minimum Gasteiger partial charge on any atom is -0.333 e. The van der Waals surface area contributed by atoms with Gasteiger partial charge in [-0.15, -0.1) is 0 Å². The minimum absolute atomic E-state index is 0.137. The zero-order chi connectivity index (χ0) is 11.8. The van der Waals surface area contributed by atoms with Crippen LogP contribution in [0, 0.1) is 11.8 Å². The van der Waals surface area contributed by atoms with Crippen molar-refractivity contribution in [3.63, 3.8) is 0 Å². The van der Waals surface area contributed by atoms with E-state index in [1.807, 2.05) is 17.3 Å². The van der Waals surface area contributed by atoms with Crippen LogP contribution in [-0.2, 0) is 17.9 Å². The van der Waals surface area contributed by atoms with Crippen LogP contribution in [0.1, 0.15) is 12.7 Å².